The molecule has 3 aromatic carbocycles. The molecule has 1 aliphatic rings. The molecule has 11 heteroatoms. The normalized spacial score (nSPS) is 14.0. The largest absolute Gasteiger partial charge is 0.494 e. The number of nitrogens with one attached hydrogen (secondary N) is 1. The Hall–Kier alpha value is -4.64. The number of thioether (sulfide) groups is 1. The van der Waals surface area contributed by atoms with Crippen LogP contribution in [-0.2, 0) is 16.2 Å². The Kier molecular flexibility index (Phi) is 8.39. The molecule has 1 aliphatic heterocycles. The van der Waals surface area contributed by atoms with Gasteiger partial charge in [0.15, 0.2) is 0 Å². The third-order valence-corrected chi connectivity index (χ3v) is 6.24. The van der Waals surface area contributed by atoms with Gasteiger partial charge in [-0.1, -0.05) is 12.1 Å². The van der Waals surface area contributed by atoms with Crippen LogP contribution in [0.1, 0.15) is 18.1 Å². The lowest BCUT2D eigenvalue weighted by Crippen LogP contribution is -2.36. The molecule has 0 saturated carbocycles. The molecule has 1 N–H and O–H groups in total. The zero-order chi connectivity index (χ0) is 27.1. The predicted molar refractivity (Wildman–Crippen MR) is 143 cm³/mol. The van der Waals surface area contributed by atoms with E-state index in [9.17, 15) is 24.5 Å². The van der Waals surface area contributed by atoms with Crippen LogP contribution in [0.5, 0.6) is 11.5 Å². The van der Waals surface area contributed by atoms with Gasteiger partial charge in [0.25, 0.3) is 16.8 Å². The van der Waals surface area contributed by atoms with Crippen molar-refractivity contribution < 1.29 is 28.8 Å². The Bertz CT molecular complexity index is 1390. The van der Waals surface area contributed by atoms with Gasteiger partial charge in [0.05, 0.1) is 16.4 Å². The molecule has 0 atom stereocenters. The van der Waals surface area contributed by atoms with Crippen LogP contribution in [0.15, 0.2) is 77.7 Å². The fourth-order valence-electron chi connectivity index (χ4n) is 3.51. The summed E-state index contributed by atoms with van der Waals surface area (Å²) in [5.41, 5.74) is 1.91. The molecule has 1 fully saturated rings. The van der Waals surface area contributed by atoms with Gasteiger partial charge < -0.3 is 14.8 Å². The summed E-state index contributed by atoms with van der Waals surface area (Å²) in [6.45, 7) is 2.18. The van der Waals surface area contributed by atoms with E-state index in [4.69, 9.17) is 9.47 Å². The highest BCUT2D eigenvalue weighted by atomic mass is 32.2. The number of anilines is 1. The summed E-state index contributed by atoms with van der Waals surface area (Å²) in [6.07, 6.45) is 1.56. The van der Waals surface area contributed by atoms with Gasteiger partial charge >= 0.3 is 0 Å². The molecule has 10 nitrogen and oxygen atoms in total. The van der Waals surface area contributed by atoms with Crippen LogP contribution in [0.3, 0.4) is 0 Å². The highest BCUT2D eigenvalue weighted by Gasteiger charge is 2.36. The molecule has 0 aliphatic carbocycles. The zero-order valence-electron chi connectivity index (χ0n) is 20.3. The predicted octanol–water partition coefficient (Wildman–Crippen LogP) is 5.25. The summed E-state index contributed by atoms with van der Waals surface area (Å²) >= 11 is 0.758. The SMILES string of the molecule is CCOc1ccc(NC(=O)CN2C(=O)S/C(=C/c3cccc(OCc4ccc([N+](=O)[O-])cc4)c3)C2=O)cc1. The number of carbonyl (C=O) groups is 3. The number of nitro benzene ring substituents is 1. The van der Waals surface area contributed by atoms with Crippen molar-refractivity contribution in [3.63, 3.8) is 0 Å². The summed E-state index contributed by atoms with van der Waals surface area (Å²) < 4.78 is 11.1. The maximum Gasteiger partial charge on any atom is 0.294 e. The average Bonchev–Trinajstić information content (AvgIpc) is 3.16. The minimum Gasteiger partial charge on any atom is -0.494 e. The zero-order valence-corrected chi connectivity index (χ0v) is 21.1. The smallest absolute Gasteiger partial charge is 0.294 e. The van der Waals surface area contributed by atoms with Crippen LogP contribution in [0.25, 0.3) is 6.08 Å². The number of ether oxygens (including phenoxy) is 2. The Labute approximate surface area is 222 Å². The van der Waals surface area contributed by atoms with Gasteiger partial charge in [-0.05, 0) is 84.4 Å². The van der Waals surface area contributed by atoms with Crippen molar-refractivity contribution >= 4 is 46.3 Å². The van der Waals surface area contributed by atoms with E-state index in [1.807, 2.05) is 6.92 Å². The number of nitro groups is 1. The van der Waals surface area contributed by atoms with Crippen molar-refractivity contribution in [2.45, 2.75) is 13.5 Å². The van der Waals surface area contributed by atoms with Crippen LogP contribution >= 0.6 is 11.8 Å². The van der Waals surface area contributed by atoms with Gasteiger partial charge in [0, 0.05) is 17.8 Å². The van der Waals surface area contributed by atoms with Crippen molar-refractivity contribution in [1.29, 1.82) is 0 Å². The Balaban J connectivity index is 1.36. The van der Waals surface area contributed by atoms with Gasteiger partial charge in [-0.3, -0.25) is 29.4 Å². The first kappa shape index (κ1) is 26.4. The van der Waals surface area contributed by atoms with Crippen molar-refractivity contribution in [2.75, 3.05) is 18.5 Å². The van der Waals surface area contributed by atoms with Crippen LogP contribution in [0.4, 0.5) is 16.2 Å². The maximum atomic E-state index is 12.8. The highest BCUT2D eigenvalue weighted by Crippen LogP contribution is 2.32. The third-order valence-electron chi connectivity index (χ3n) is 5.33. The molecule has 4 rings (SSSR count). The average molecular weight is 534 g/mol. The molecule has 0 radical (unpaired) electrons. The molecule has 194 valence electrons. The lowest BCUT2D eigenvalue weighted by atomic mass is 10.2. The highest BCUT2D eigenvalue weighted by molar-refractivity contribution is 8.18. The fourth-order valence-corrected chi connectivity index (χ4v) is 4.35. The number of rotatable bonds is 10. The Morgan fingerprint density at radius 2 is 1.76 bits per heavy atom. The lowest BCUT2D eigenvalue weighted by molar-refractivity contribution is -0.384. The van der Waals surface area contributed by atoms with Crippen LogP contribution in [0, 0.1) is 10.1 Å². The maximum absolute atomic E-state index is 12.8. The fraction of sp³-hybridized carbons (Fsp3) is 0.148. The molecule has 1 saturated heterocycles. The Morgan fingerprint density at radius 1 is 1.03 bits per heavy atom. The molecule has 1 heterocycles. The number of hydrogen-bond acceptors (Lipinski definition) is 8. The molecule has 3 aromatic rings. The van der Waals surface area contributed by atoms with Crippen molar-refractivity contribution in [2.24, 2.45) is 0 Å². The van der Waals surface area contributed by atoms with E-state index < -0.39 is 28.5 Å². The van der Waals surface area contributed by atoms with Gasteiger partial charge in [0.2, 0.25) is 5.91 Å². The second kappa shape index (κ2) is 12.1. The lowest BCUT2D eigenvalue weighted by Gasteiger charge is -2.12. The molecular formula is C27H23N3O7S. The summed E-state index contributed by atoms with van der Waals surface area (Å²) in [4.78, 5) is 49.1. The van der Waals surface area contributed by atoms with Gasteiger partial charge in [-0.2, -0.15) is 0 Å². The molecule has 0 bridgehead atoms. The van der Waals surface area contributed by atoms with E-state index in [0.29, 0.717) is 29.4 Å². The first-order valence-corrected chi connectivity index (χ1v) is 12.4. The van der Waals surface area contributed by atoms with E-state index in [0.717, 1.165) is 22.2 Å². The quantitative estimate of drug-likeness (QED) is 0.213. The van der Waals surface area contributed by atoms with Gasteiger partial charge in [0.1, 0.15) is 24.7 Å². The van der Waals surface area contributed by atoms with E-state index in [1.54, 1.807) is 66.7 Å². The topological polar surface area (TPSA) is 128 Å². The van der Waals surface area contributed by atoms with Crippen molar-refractivity contribution in [3.8, 4) is 11.5 Å². The molecular weight excluding hydrogens is 510 g/mol. The van der Waals surface area contributed by atoms with E-state index in [-0.39, 0.29) is 17.2 Å². The number of non-ortho nitro benzene ring substituents is 1. The summed E-state index contributed by atoms with van der Waals surface area (Å²) in [6, 6.07) is 19.8. The number of imide groups is 1. The third kappa shape index (κ3) is 6.77. The van der Waals surface area contributed by atoms with E-state index in [2.05, 4.69) is 5.32 Å². The standard InChI is InChI=1S/C27H23N3O7S/c1-2-36-22-12-8-20(9-13-22)28-25(31)16-29-26(32)24(38-27(29)33)15-19-4-3-5-23(14-19)37-17-18-6-10-21(11-7-18)30(34)35/h3-15H,2,16-17H2,1H3,(H,28,31)/b24-15+. The molecule has 0 aromatic heterocycles. The monoisotopic (exact) mass is 533 g/mol. The number of amides is 3. The van der Waals surface area contributed by atoms with Crippen LogP contribution in [-0.4, -0.2) is 40.0 Å². The Morgan fingerprint density at radius 3 is 2.45 bits per heavy atom. The second-order valence-electron chi connectivity index (χ2n) is 8.06. The first-order valence-electron chi connectivity index (χ1n) is 11.6. The van der Waals surface area contributed by atoms with Gasteiger partial charge in [-0.25, -0.2) is 0 Å². The molecule has 0 spiro atoms. The number of benzene rings is 3. The van der Waals surface area contributed by atoms with E-state index in [1.165, 1.54) is 12.1 Å². The summed E-state index contributed by atoms with van der Waals surface area (Å²) in [7, 11) is 0. The first-order chi connectivity index (χ1) is 18.3. The van der Waals surface area contributed by atoms with Crippen LogP contribution < -0.4 is 14.8 Å². The number of nitrogens with zero attached hydrogens (tertiary/aromatic N) is 2. The van der Waals surface area contributed by atoms with Gasteiger partial charge in [-0.15, -0.1) is 0 Å². The summed E-state index contributed by atoms with van der Waals surface area (Å²) in [5.74, 6) is 0.131. The number of hydrogen-bond donors (Lipinski definition) is 1. The molecule has 38 heavy (non-hydrogen) atoms. The van der Waals surface area contributed by atoms with Crippen LogP contribution in [0.2, 0.25) is 0 Å². The van der Waals surface area contributed by atoms with Crippen molar-refractivity contribution in [3.05, 3.63) is 98.9 Å². The molecule has 3 amide bonds. The minimum absolute atomic E-state index is 0.00153. The summed E-state index contributed by atoms with van der Waals surface area (Å²) in [5, 5.41) is 12.9. The van der Waals surface area contributed by atoms with E-state index >= 15 is 0 Å². The van der Waals surface area contributed by atoms with Crippen molar-refractivity contribution in [1.82, 2.24) is 4.90 Å². The molecule has 0 unspecified atom stereocenters. The minimum atomic E-state index is -0.556. The second-order valence-corrected chi connectivity index (χ2v) is 9.05. The number of carbonyl (C=O) groups excluding carboxylic acids is 3.